The quantitative estimate of drug-likeness (QED) is 0.830. The first-order chi connectivity index (χ1) is 8.60. The van der Waals surface area contributed by atoms with E-state index in [4.69, 9.17) is 0 Å². The highest BCUT2D eigenvalue weighted by atomic mass is 19.1. The number of fused-ring (bicyclic) bond motifs is 1. The van der Waals surface area contributed by atoms with E-state index in [2.05, 4.69) is 15.0 Å². The van der Waals surface area contributed by atoms with Crippen molar-refractivity contribution in [1.82, 2.24) is 4.98 Å². The Bertz CT molecular complexity index is 626. The Labute approximate surface area is 104 Å². The molecule has 94 valence electrons. The van der Waals surface area contributed by atoms with E-state index in [0.29, 0.717) is 16.6 Å². The Hall–Kier alpha value is -2.17. The molecule has 0 aliphatic carbocycles. The SMILES string of the molecule is CNc1c(C(=O)OC)cnc2c(F)c(C)ccc12. The number of esters is 1. The minimum Gasteiger partial charge on any atom is -0.465 e. The zero-order valence-electron chi connectivity index (χ0n) is 10.4. The van der Waals surface area contributed by atoms with Gasteiger partial charge in [0.25, 0.3) is 0 Å². The zero-order valence-corrected chi connectivity index (χ0v) is 10.4. The van der Waals surface area contributed by atoms with E-state index in [0.717, 1.165) is 0 Å². The third-order valence-corrected chi connectivity index (χ3v) is 2.83. The number of anilines is 1. The number of pyridine rings is 1. The summed E-state index contributed by atoms with van der Waals surface area (Å²) in [6.07, 6.45) is 1.32. The van der Waals surface area contributed by atoms with Gasteiger partial charge in [0.15, 0.2) is 5.82 Å². The van der Waals surface area contributed by atoms with Gasteiger partial charge in [-0.15, -0.1) is 0 Å². The van der Waals surface area contributed by atoms with E-state index in [-0.39, 0.29) is 16.9 Å². The van der Waals surface area contributed by atoms with Crippen LogP contribution in [0.25, 0.3) is 10.9 Å². The van der Waals surface area contributed by atoms with E-state index in [1.165, 1.54) is 13.3 Å². The molecule has 1 N–H and O–H groups in total. The molecule has 0 aliphatic heterocycles. The lowest BCUT2D eigenvalue weighted by atomic mass is 10.1. The van der Waals surface area contributed by atoms with Gasteiger partial charge in [-0.05, 0) is 12.5 Å². The molecule has 4 nitrogen and oxygen atoms in total. The molecule has 0 aliphatic rings. The van der Waals surface area contributed by atoms with Crippen molar-refractivity contribution in [2.45, 2.75) is 6.92 Å². The molecule has 2 rings (SSSR count). The molecule has 0 unspecified atom stereocenters. The van der Waals surface area contributed by atoms with E-state index < -0.39 is 5.97 Å². The number of ether oxygens (including phenoxy) is 1. The van der Waals surface area contributed by atoms with Crippen LogP contribution in [0.4, 0.5) is 10.1 Å². The first-order valence-electron chi connectivity index (χ1n) is 5.44. The number of carbonyl (C=O) groups is 1. The van der Waals surface area contributed by atoms with Gasteiger partial charge in [-0.2, -0.15) is 0 Å². The summed E-state index contributed by atoms with van der Waals surface area (Å²) < 4.78 is 18.6. The maximum absolute atomic E-state index is 13.9. The van der Waals surface area contributed by atoms with Crippen molar-refractivity contribution in [2.75, 3.05) is 19.5 Å². The number of rotatable bonds is 2. The monoisotopic (exact) mass is 248 g/mol. The van der Waals surface area contributed by atoms with E-state index in [1.54, 1.807) is 26.1 Å². The number of benzene rings is 1. The molecule has 0 amide bonds. The van der Waals surface area contributed by atoms with Crippen LogP contribution < -0.4 is 5.32 Å². The molecular formula is C13H13FN2O2. The van der Waals surface area contributed by atoms with Crippen LogP contribution in [0.5, 0.6) is 0 Å². The molecule has 18 heavy (non-hydrogen) atoms. The van der Waals surface area contributed by atoms with Crippen LogP contribution in [0.3, 0.4) is 0 Å². The minimum atomic E-state index is -0.505. The molecule has 5 heteroatoms. The van der Waals surface area contributed by atoms with E-state index >= 15 is 0 Å². The second-order valence-corrected chi connectivity index (χ2v) is 3.88. The van der Waals surface area contributed by atoms with Crippen molar-refractivity contribution in [2.24, 2.45) is 0 Å². The van der Waals surface area contributed by atoms with Crippen molar-refractivity contribution in [3.8, 4) is 0 Å². The normalized spacial score (nSPS) is 10.4. The summed E-state index contributed by atoms with van der Waals surface area (Å²) in [5.74, 6) is -0.879. The van der Waals surface area contributed by atoms with Crippen LogP contribution in [0.1, 0.15) is 15.9 Å². The van der Waals surface area contributed by atoms with Gasteiger partial charge in [0.05, 0.1) is 12.8 Å². The molecule has 1 aromatic carbocycles. The lowest BCUT2D eigenvalue weighted by molar-refractivity contribution is 0.0601. The number of hydrogen-bond donors (Lipinski definition) is 1. The zero-order chi connectivity index (χ0) is 13.3. The summed E-state index contributed by atoms with van der Waals surface area (Å²) in [5, 5.41) is 3.45. The van der Waals surface area contributed by atoms with Crippen LogP contribution in [0.15, 0.2) is 18.3 Å². The van der Waals surface area contributed by atoms with E-state index in [9.17, 15) is 9.18 Å². The lowest BCUT2D eigenvalue weighted by Crippen LogP contribution is -2.07. The van der Waals surface area contributed by atoms with Gasteiger partial charge in [-0.25, -0.2) is 9.18 Å². The average Bonchev–Trinajstić information content (AvgIpc) is 2.40. The fraction of sp³-hybridized carbons (Fsp3) is 0.231. The molecular weight excluding hydrogens is 235 g/mol. The van der Waals surface area contributed by atoms with Gasteiger partial charge in [0.1, 0.15) is 11.1 Å². The summed E-state index contributed by atoms with van der Waals surface area (Å²) in [4.78, 5) is 15.6. The summed E-state index contributed by atoms with van der Waals surface area (Å²) in [6.45, 7) is 1.67. The molecule has 0 bridgehead atoms. The van der Waals surface area contributed by atoms with Gasteiger partial charge in [-0.3, -0.25) is 4.98 Å². The molecule has 0 saturated carbocycles. The highest BCUT2D eigenvalue weighted by Gasteiger charge is 2.17. The predicted octanol–water partition coefficient (Wildman–Crippen LogP) is 2.51. The molecule has 0 saturated heterocycles. The van der Waals surface area contributed by atoms with Gasteiger partial charge < -0.3 is 10.1 Å². The third kappa shape index (κ3) is 1.77. The fourth-order valence-electron chi connectivity index (χ4n) is 1.87. The number of halogens is 1. The van der Waals surface area contributed by atoms with Gasteiger partial charge in [0, 0.05) is 18.6 Å². The minimum absolute atomic E-state index is 0.243. The Balaban J connectivity index is 2.81. The summed E-state index contributed by atoms with van der Waals surface area (Å²) in [6, 6.07) is 3.39. The number of hydrogen-bond acceptors (Lipinski definition) is 4. The Kier molecular flexibility index (Phi) is 3.14. The van der Waals surface area contributed by atoms with Crippen LogP contribution in [-0.2, 0) is 4.74 Å². The van der Waals surface area contributed by atoms with Crippen LogP contribution in [0.2, 0.25) is 0 Å². The molecule has 0 radical (unpaired) electrons. The number of aromatic nitrogens is 1. The maximum atomic E-state index is 13.9. The standard InChI is InChI=1S/C13H13FN2O2/c1-7-4-5-8-11(15-2)9(13(17)18-3)6-16-12(8)10(7)14/h4-6H,1-3H3,(H,15,16). The number of nitrogens with one attached hydrogen (secondary N) is 1. The Morgan fingerprint density at radius 1 is 1.44 bits per heavy atom. The molecule has 0 spiro atoms. The first-order valence-corrected chi connectivity index (χ1v) is 5.44. The van der Waals surface area contributed by atoms with Crippen molar-refractivity contribution < 1.29 is 13.9 Å². The molecule has 1 heterocycles. The highest BCUT2D eigenvalue weighted by molar-refractivity contribution is 6.05. The number of nitrogens with zero attached hydrogens (tertiary/aromatic N) is 1. The Morgan fingerprint density at radius 2 is 2.17 bits per heavy atom. The fourth-order valence-corrected chi connectivity index (χ4v) is 1.87. The van der Waals surface area contributed by atoms with Gasteiger partial charge in [0.2, 0.25) is 0 Å². The second kappa shape index (κ2) is 4.60. The van der Waals surface area contributed by atoms with Crippen LogP contribution in [-0.4, -0.2) is 25.1 Å². The largest absolute Gasteiger partial charge is 0.465 e. The van der Waals surface area contributed by atoms with Crippen molar-refractivity contribution >= 4 is 22.6 Å². The summed E-state index contributed by atoms with van der Waals surface area (Å²) >= 11 is 0. The number of carbonyl (C=O) groups excluding carboxylic acids is 1. The van der Waals surface area contributed by atoms with Crippen molar-refractivity contribution in [3.05, 3.63) is 35.3 Å². The van der Waals surface area contributed by atoms with Crippen LogP contribution in [0, 0.1) is 12.7 Å². The van der Waals surface area contributed by atoms with E-state index in [1.807, 2.05) is 0 Å². The summed E-state index contributed by atoms with van der Waals surface area (Å²) in [5.41, 5.74) is 1.57. The number of aryl methyl sites for hydroxylation is 1. The summed E-state index contributed by atoms with van der Waals surface area (Å²) in [7, 11) is 2.96. The molecule has 0 fully saturated rings. The first kappa shape index (κ1) is 12.3. The predicted molar refractivity (Wildman–Crippen MR) is 67.3 cm³/mol. The van der Waals surface area contributed by atoms with Crippen LogP contribution >= 0.6 is 0 Å². The average molecular weight is 248 g/mol. The topological polar surface area (TPSA) is 51.2 Å². The highest BCUT2D eigenvalue weighted by Crippen LogP contribution is 2.28. The number of methoxy groups -OCH3 is 1. The molecule has 1 aromatic heterocycles. The van der Waals surface area contributed by atoms with Crippen molar-refractivity contribution in [3.63, 3.8) is 0 Å². The smallest absolute Gasteiger partial charge is 0.341 e. The van der Waals surface area contributed by atoms with Crippen molar-refractivity contribution in [1.29, 1.82) is 0 Å². The van der Waals surface area contributed by atoms with Gasteiger partial charge in [-0.1, -0.05) is 12.1 Å². The second-order valence-electron chi connectivity index (χ2n) is 3.88. The lowest BCUT2D eigenvalue weighted by Gasteiger charge is -2.11. The molecule has 2 aromatic rings. The Morgan fingerprint density at radius 3 is 2.78 bits per heavy atom. The third-order valence-electron chi connectivity index (χ3n) is 2.83. The van der Waals surface area contributed by atoms with Gasteiger partial charge >= 0.3 is 5.97 Å². The maximum Gasteiger partial charge on any atom is 0.341 e. The molecule has 0 atom stereocenters.